The Bertz CT molecular complexity index is 1400. The molecule has 0 spiro atoms. The van der Waals surface area contributed by atoms with Crippen molar-refractivity contribution in [2.45, 2.75) is 187 Å². The molecule has 0 aromatic carbocycles. The Labute approximate surface area is 379 Å². The molecular weight excluding hydrogens is 769 g/mol. The normalized spacial score (nSPS) is 13.3. The highest BCUT2D eigenvalue weighted by molar-refractivity contribution is 5.71. The number of esters is 3. The molecule has 0 saturated carbocycles. The van der Waals surface area contributed by atoms with Crippen molar-refractivity contribution in [1.82, 2.24) is 0 Å². The maximum absolute atomic E-state index is 12.7. The molecule has 0 rings (SSSR count). The van der Waals surface area contributed by atoms with Crippen LogP contribution in [-0.2, 0) is 28.6 Å². The van der Waals surface area contributed by atoms with Crippen molar-refractivity contribution < 1.29 is 28.6 Å². The van der Waals surface area contributed by atoms with Gasteiger partial charge in [-0.25, -0.2) is 0 Å². The Kier molecular flexibility index (Phi) is 45.7. The minimum absolute atomic E-state index is 0.127. The van der Waals surface area contributed by atoms with E-state index < -0.39 is 12.1 Å². The van der Waals surface area contributed by atoms with Crippen LogP contribution >= 0.6 is 0 Å². The standard InChI is InChI=1S/C56H86O6/c1-4-7-10-13-16-19-22-25-26-27-28-29-30-32-34-37-40-43-46-49-55(58)61-52-53(51-60-54(57)48-45-42-39-36-33-24-21-18-15-12-9-6-3)62-56(59)50-47-44-41-38-35-31-23-20-17-14-11-8-5-2/h7-8,10-11,14,16-21,23,25-26,28-29,31-32,34-35,38,41,53H,4-6,9,12-13,15,22,24,27,30,33,36-37,39-40,42-52H2,1-3H3/b10-7-,11-8-,17-14-,19-16-,21-18-,23-20-,26-25-,29-28-,34-32-,35-31-,41-38-. The Balaban J connectivity index is 4.56. The van der Waals surface area contributed by atoms with Gasteiger partial charge in [0, 0.05) is 19.3 Å². The fraction of sp³-hybridized carbons (Fsp3) is 0.554. The summed E-state index contributed by atoms with van der Waals surface area (Å²) in [4.78, 5) is 37.8. The van der Waals surface area contributed by atoms with Crippen molar-refractivity contribution in [3.05, 3.63) is 134 Å². The van der Waals surface area contributed by atoms with Gasteiger partial charge in [-0.3, -0.25) is 14.4 Å². The average molecular weight is 855 g/mol. The van der Waals surface area contributed by atoms with E-state index in [0.717, 1.165) is 103 Å². The summed E-state index contributed by atoms with van der Waals surface area (Å²) < 4.78 is 16.6. The number of hydrogen-bond donors (Lipinski definition) is 0. The highest BCUT2D eigenvalue weighted by Crippen LogP contribution is 2.11. The van der Waals surface area contributed by atoms with Crippen molar-refractivity contribution in [1.29, 1.82) is 0 Å². The SMILES string of the molecule is CC\C=C/C=C\C=C/C=C\C=C/CCCC(=O)OC(COC(=O)CCCCC/C=C\C/C=C\C/C=C\C/C=C\C/C=C\CC)COC(=O)CCCCCCC/C=C\CCCCC. The van der Waals surface area contributed by atoms with E-state index in [-0.39, 0.29) is 31.6 Å². The lowest BCUT2D eigenvalue weighted by Gasteiger charge is -2.18. The quantitative estimate of drug-likeness (QED) is 0.0200. The minimum atomic E-state index is -0.836. The van der Waals surface area contributed by atoms with Crippen LogP contribution in [0.15, 0.2) is 134 Å². The molecule has 6 heteroatoms. The summed E-state index contributed by atoms with van der Waals surface area (Å²) in [6.45, 7) is 6.22. The van der Waals surface area contributed by atoms with Crippen LogP contribution in [0.5, 0.6) is 0 Å². The van der Waals surface area contributed by atoms with Crippen LogP contribution in [0.3, 0.4) is 0 Å². The first kappa shape index (κ1) is 57.5. The zero-order chi connectivity index (χ0) is 45.1. The number of ether oxygens (including phenoxy) is 3. The van der Waals surface area contributed by atoms with E-state index in [1.165, 1.54) is 32.1 Å². The molecule has 0 N–H and O–H groups in total. The molecule has 0 aromatic rings. The highest BCUT2D eigenvalue weighted by atomic mass is 16.6. The molecular formula is C56H86O6. The van der Waals surface area contributed by atoms with Gasteiger partial charge in [0.2, 0.25) is 0 Å². The van der Waals surface area contributed by atoms with Gasteiger partial charge in [0.05, 0.1) is 0 Å². The number of hydrogen-bond acceptors (Lipinski definition) is 6. The number of allylic oxidation sites excluding steroid dienone is 22. The third-order valence-electron chi connectivity index (χ3n) is 9.50. The first-order chi connectivity index (χ1) is 30.5. The van der Waals surface area contributed by atoms with Crippen LogP contribution < -0.4 is 0 Å². The van der Waals surface area contributed by atoms with E-state index in [4.69, 9.17) is 14.2 Å². The summed E-state index contributed by atoms with van der Waals surface area (Å²) in [5.41, 5.74) is 0. The predicted octanol–water partition coefficient (Wildman–Crippen LogP) is 15.9. The van der Waals surface area contributed by atoms with Crippen LogP contribution in [0.4, 0.5) is 0 Å². The topological polar surface area (TPSA) is 78.9 Å². The van der Waals surface area contributed by atoms with Crippen LogP contribution in [0.25, 0.3) is 0 Å². The molecule has 0 fully saturated rings. The smallest absolute Gasteiger partial charge is 0.306 e. The van der Waals surface area contributed by atoms with Gasteiger partial charge < -0.3 is 14.2 Å². The summed E-state index contributed by atoms with van der Waals surface area (Å²) in [6.07, 6.45) is 68.7. The second-order valence-electron chi connectivity index (χ2n) is 15.4. The van der Waals surface area contributed by atoms with Crippen LogP contribution in [0, 0.1) is 0 Å². The lowest BCUT2D eigenvalue weighted by atomic mass is 10.1. The molecule has 0 aliphatic carbocycles. The molecule has 62 heavy (non-hydrogen) atoms. The summed E-state index contributed by atoms with van der Waals surface area (Å²) >= 11 is 0. The molecule has 0 bridgehead atoms. The minimum Gasteiger partial charge on any atom is -0.462 e. The molecule has 0 saturated heterocycles. The predicted molar refractivity (Wildman–Crippen MR) is 265 cm³/mol. The summed E-state index contributed by atoms with van der Waals surface area (Å²) in [5.74, 6) is -1.06. The number of carbonyl (C=O) groups excluding carboxylic acids is 3. The van der Waals surface area contributed by atoms with E-state index >= 15 is 0 Å². The third-order valence-corrected chi connectivity index (χ3v) is 9.50. The molecule has 1 unspecified atom stereocenters. The van der Waals surface area contributed by atoms with Crippen molar-refractivity contribution in [2.75, 3.05) is 13.2 Å². The molecule has 346 valence electrons. The average Bonchev–Trinajstić information content (AvgIpc) is 3.27. The van der Waals surface area contributed by atoms with Crippen molar-refractivity contribution in [3.63, 3.8) is 0 Å². The van der Waals surface area contributed by atoms with Crippen molar-refractivity contribution in [2.24, 2.45) is 0 Å². The Morgan fingerprint density at radius 3 is 1.24 bits per heavy atom. The zero-order valence-electron chi connectivity index (χ0n) is 39.3. The van der Waals surface area contributed by atoms with Gasteiger partial charge in [-0.2, -0.15) is 0 Å². The summed E-state index contributed by atoms with van der Waals surface area (Å²) in [7, 11) is 0. The van der Waals surface area contributed by atoms with E-state index in [1.54, 1.807) is 0 Å². The van der Waals surface area contributed by atoms with Crippen LogP contribution in [-0.4, -0.2) is 37.2 Å². The summed E-state index contributed by atoms with van der Waals surface area (Å²) in [5, 5.41) is 0. The van der Waals surface area contributed by atoms with Gasteiger partial charge in [0.15, 0.2) is 6.10 Å². The van der Waals surface area contributed by atoms with Gasteiger partial charge in [-0.1, -0.05) is 193 Å². The largest absolute Gasteiger partial charge is 0.462 e. The lowest BCUT2D eigenvalue weighted by Crippen LogP contribution is -2.30. The van der Waals surface area contributed by atoms with Gasteiger partial charge in [-0.15, -0.1) is 0 Å². The van der Waals surface area contributed by atoms with Crippen LogP contribution in [0.1, 0.15) is 181 Å². The van der Waals surface area contributed by atoms with Crippen LogP contribution in [0.2, 0.25) is 0 Å². The third kappa shape index (κ3) is 46.6. The number of unbranched alkanes of at least 4 members (excludes halogenated alkanes) is 12. The molecule has 0 aromatic heterocycles. The molecule has 0 aliphatic rings. The molecule has 0 amide bonds. The number of rotatable bonds is 41. The van der Waals surface area contributed by atoms with Crippen molar-refractivity contribution in [3.8, 4) is 0 Å². The van der Waals surface area contributed by atoms with E-state index in [2.05, 4.69) is 99.8 Å². The molecule has 6 nitrogen and oxygen atoms in total. The van der Waals surface area contributed by atoms with E-state index in [1.807, 2.05) is 54.7 Å². The molecule has 0 heterocycles. The van der Waals surface area contributed by atoms with Gasteiger partial charge in [-0.05, 0) is 103 Å². The maximum Gasteiger partial charge on any atom is 0.306 e. The van der Waals surface area contributed by atoms with E-state index in [9.17, 15) is 14.4 Å². The molecule has 1 atom stereocenters. The monoisotopic (exact) mass is 855 g/mol. The number of carbonyl (C=O) groups is 3. The first-order valence-corrected chi connectivity index (χ1v) is 24.3. The van der Waals surface area contributed by atoms with E-state index in [0.29, 0.717) is 19.3 Å². The van der Waals surface area contributed by atoms with Gasteiger partial charge >= 0.3 is 17.9 Å². The highest BCUT2D eigenvalue weighted by Gasteiger charge is 2.19. The zero-order valence-corrected chi connectivity index (χ0v) is 39.3. The molecule has 0 aliphatic heterocycles. The first-order valence-electron chi connectivity index (χ1n) is 24.3. The second kappa shape index (κ2) is 49.2. The Morgan fingerprint density at radius 1 is 0.355 bits per heavy atom. The summed E-state index contributed by atoms with van der Waals surface area (Å²) in [6, 6.07) is 0. The second-order valence-corrected chi connectivity index (χ2v) is 15.4. The fourth-order valence-corrected chi connectivity index (χ4v) is 5.90. The van der Waals surface area contributed by atoms with Gasteiger partial charge in [0.25, 0.3) is 0 Å². The lowest BCUT2D eigenvalue weighted by molar-refractivity contribution is -0.167. The molecule has 0 radical (unpaired) electrons. The Hall–Kier alpha value is -4.45. The fourth-order valence-electron chi connectivity index (χ4n) is 5.90. The van der Waals surface area contributed by atoms with Gasteiger partial charge in [0.1, 0.15) is 13.2 Å². The van der Waals surface area contributed by atoms with Crippen molar-refractivity contribution >= 4 is 17.9 Å². The maximum atomic E-state index is 12.7. The Morgan fingerprint density at radius 2 is 0.726 bits per heavy atom.